The van der Waals surface area contributed by atoms with Crippen LogP contribution in [-0.2, 0) is 18.9 Å². The largest absolute Gasteiger partial charge is 0.372 e. The van der Waals surface area contributed by atoms with Crippen LogP contribution in [0.5, 0.6) is 0 Å². The molecular formula is C21H26N6O3. The van der Waals surface area contributed by atoms with E-state index in [-0.39, 0.29) is 17.1 Å². The third-order valence-electron chi connectivity index (χ3n) is 5.83. The van der Waals surface area contributed by atoms with E-state index in [9.17, 15) is 14.4 Å². The minimum Gasteiger partial charge on any atom is -0.372 e. The number of aryl methyl sites for hydroxylation is 1. The van der Waals surface area contributed by atoms with Crippen LogP contribution in [0.25, 0.3) is 11.2 Å². The average molecular weight is 410 g/mol. The van der Waals surface area contributed by atoms with Crippen LogP contribution in [0.3, 0.4) is 0 Å². The lowest BCUT2D eigenvalue weighted by atomic mass is 10.1. The molecule has 4 rings (SSSR count). The predicted molar refractivity (Wildman–Crippen MR) is 116 cm³/mol. The van der Waals surface area contributed by atoms with Crippen LogP contribution in [0.4, 0.5) is 11.4 Å². The molecule has 0 saturated carbocycles. The van der Waals surface area contributed by atoms with Gasteiger partial charge in [0.25, 0.3) is 5.56 Å². The first kappa shape index (κ1) is 19.9. The highest BCUT2D eigenvalue weighted by Crippen LogP contribution is 2.22. The normalized spacial score (nSPS) is 15.4. The van der Waals surface area contributed by atoms with Gasteiger partial charge in [0.2, 0.25) is 5.91 Å². The first-order valence-electron chi connectivity index (χ1n) is 10.2. The van der Waals surface area contributed by atoms with Gasteiger partial charge in [-0.25, -0.2) is 9.78 Å². The van der Waals surface area contributed by atoms with E-state index in [4.69, 9.17) is 0 Å². The van der Waals surface area contributed by atoms with Crippen LogP contribution < -0.4 is 21.5 Å². The second-order valence-corrected chi connectivity index (χ2v) is 7.79. The fraction of sp³-hybridized carbons (Fsp3) is 0.429. The zero-order valence-electron chi connectivity index (χ0n) is 17.5. The van der Waals surface area contributed by atoms with Gasteiger partial charge in [-0.15, -0.1) is 0 Å². The second kappa shape index (κ2) is 7.81. The van der Waals surface area contributed by atoms with Crippen LogP contribution >= 0.6 is 0 Å². The highest BCUT2D eigenvalue weighted by molar-refractivity contribution is 5.94. The van der Waals surface area contributed by atoms with E-state index >= 15 is 0 Å². The fourth-order valence-corrected chi connectivity index (χ4v) is 3.94. The number of nitrogens with zero attached hydrogens (tertiary/aromatic N) is 5. The number of carbonyl (C=O) groups is 1. The van der Waals surface area contributed by atoms with E-state index in [1.54, 1.807) is 14.0 Å². The number of anilines is 2. The number of carbonyl (C=O) groups excluding carboxylic acids is 1. The molecule has 1 atom stereocenters. The van der Waals surface area contributed by atoms with Crippen molar-refractivity contribution in [1.82, 2.24) is 18.7 Å². The molecule has 1 unspecified atom stereocenters. The van der Waals surface area contributed by atoms with Crippen molar-refractivity contribution in [3.8, 4) is 0 Å². The Bertz CT molecular complexity index is 1200. The summed E-state index contributed by atoms with van der Waals surface area (Å²) in [6, 6.07) is 7.14. The molecule has 1 fully saturated rings. The highest BCUT2D eigenvalue weighted by Gasteiger charge is 2.22. The Morgan fingerprint density at radius 1 is 1.03 bits per heavy atom. The maximum absolute atomic E-state index is 12.8. The smallest absolute Gasteiger partial charge is 0.332 e. The molecule has 30 heavy (non-hydrogen) atoms. The van der Waals surface area contributed by atoms with Crippen molar-refractivity contribution in [2.24, 2.45) is 14.1 Å². The Hall–Kier alpha value is -3.36. The minimum absolute atomic E-state index is 0.225. The summed E-state index contributed by atoms with van der Waals surface area (Å²) >= 11 is 0. The number of aromatic nitrogens is 4. The molecule has 0 bridgehead atoms. The van der Waals surface area contributed by atoms with Gasteiger partial charge in [-0.3, -0.25) is 18.7 Å². The van der Waals surface area contributed by atoms with Gasteiger partial charge in [0.1, 0.15) is 6.04 Å². The molecule has 1 aliphatic rings. The summed E-state index contributed by atoms with van der Waals surface area (Å²) in [7, 11) is 2.96. The van der Waals surface area contributed by atoms with Crippen LogP contribution in [0.15, 0.2) is 40.2 Å². The molecule has 1 saturated heterocycles. The van der Waals surface area contributed by atoms with Crippen molar-refractivity contribution < 1.29 is 4.79 Å². The molecule has 1 N–H and O–H groups in total. The lowest BCUT2D eigenvalue weighted by molar-refractivity contribution is -0.118. The van der Waals surface area contributed by atoms with Crippen LogP contribution in [0.1, 0.15) is 32.2 Å². The summed E-state index contributed by atoms with van der Waals surface area (Å²) in [4.78, 5) is 44.1. The van der Waals surface area contributed by atoms with Crippen molar-refractivity contribution in [3.63, 3.8) is 0 Å². The van der Waals surface area contributed by atoms with Crippen molar-refractivity contribution >= 4 is 28.4 Å². The SMILES string of the molecule is CC(C(=O)Nc1ccc(N2CCCCC2)cc1)n1cnc2c1c(=O)n(C)c(=O)n2C. The lowest BCUT2D eigenvalue weighted by Gasteiger charge is -2.28. The van der Waals surface area contributed by atoms with E-state index in [1.807, 2.05) is 24.3 Å². The summed E-state index contributed by atoms with van der Waals surface area (Å²) < 4.78 is 3.83. The first-order chi connectivity index (χ1) is 14.4. The molecule has 9 heteroatoms. The fourth-order valence-electron chi connectivity index (χ4n) is 3.94. The van der Waals surface area contributed by atoms with E-state index < -0.39 is 17.3 Å². The third kappa shape index (κ3) is 3.40. The summed E-state index contributed by atoms with van der Waals surface area (Å²) in [6.45, 7) is 3.82. The van der Waals surface area contributed by atoms with E-state index in [2.05, 4.69) is 15.2 Å². The standard InChI is InChI=1S/C21H26N6O3/c1-14(27-13-22-18-17(27)20(29)25(3)21(30)24(18)2)19(28)23-15-7-9-16(10-8-15)26-11-5-4-6-12-26/h7-10,13-14H,4-6,11-12H2,1-3H3,(H,23,28). The number of fused-ring (bicyclic) bond motifs is 1. The molecule has 0 radical (unpaired) electrons. The van der Waals surface area contributed by atoms with Gasteiger partial charge in [0, 0.05) is 38.6 Å². The number of piperidine rings is 1. The first-order valence-corrected chi connectivity index (χ1v) is 10.2. The molecule has 1 amide bonds. The zero-order valence-corrected chi connectivity index (χ0v) is 17.5. The van der Waals surface area contributed by atoms with Gasteiger partial charge >= 0.3 is 5.69 Å². The summed E-state index contributed by atoms with van der Waals surface area (Å²) in [6.07, 6.45) is 5.12. The summed E-state index contributed by atoms with van der Waals surface area (Å²) in [5, 5.41) is 2.90. The number of benzene rings is 1. The van der Waals surface area contributed by atoms with Crippen molar-refractivity contribution in [2.45, 2.75) is 32.2 Å². The second-order valence-electron chi connectivity index (χ2n) is 7.79. The minimum atomic E-state index is -0.679. The zero-order chi connectivity index (χ0) is 21.4. The Labute approximate surface area is 173 Å². The Kier molecular flexibility index (Phi) is 5.19. The maximum Gasteiger partial charge on any atom is 0.332 e. The summed E-state index contributed by atoms with van der Waals surface area (Å²) in [5.74, 6) is -0.268. The van der Waals surface area contributed by atoms with Crippen molar-refractivity contribution in [3.05, 3.63) is 51.4 Å². The van der Waals surface area contributed by atoms with Gasteiger partial charge in [-0.2, -0.15) is 0 Å². The molecule has 2 aromatic heterocycles. The molecule has 3 heterocycles. The summed E-state index contributed by atoms with van der Waals surface area (Å²) in [5.41, 5.74) is 1.40. The highest BCUT2D eigenvalue weighted by atomic mass is 16.2. The lowest BCUT2D eigenvalue weighted by Crippen LogP contribution is -2.38. The number of rotatable bonds is 4. The Balaban J connectivity index is 1.56. The third-order valence-corrected chi connectivity index (χ3v) is 5.83. The molecule has 158 valence electrons. The predicted octanol–water partition coefficient (Wildman–Crippen LogP) is 1.62. The number of imidazole rings is 1. The van der Waals surface area contributed by atoms with Crippen LogP contribution in [-0.4, -0.2) is 37.7 Å². The number of hydrogen-bond acceptors (Lipinski definition) is 5. The molecule has 0 aliphatic carbocycles. The molecule has 0 spiro atoms. The molecule has 1 aromatic carbocycles. The van der Waals surface area contributed by atoms with Crippen molar-refractivity contribution in [1.29, 1.82) is 0 Å². The topological polar surface area (TPSA) is 94.2 Å². The molecule has 9 nitrogen and oxygen atoms in total. The van der Waals surface area contributed by atoms with Gasteiger partial charge in [-0.05, 0) is 50.5 Å². The monoisotopic (exact) mass is 410 g/mol. The van der Waals surface area contributed by atoms with Gasteiger partial charge < -0.3 is 14.8 Å². The van der Waals surface area contributed by atoms with E-state index in [0.29, 0.717) is 5.69 Å². The van der Waals surface area contributed by atoms with Gasteiger partial charge in [-0.1, -0.05) is 0 Å². The maximum atomic E-state index is 12.8. The van der Waals surface area contributed by atoms with Crippen LogP contribution in [0.2, 0.25) is 0 Å². The Morgan fingerprint density at radius 2 is 1.70 bits per heavy atom. The van der Waals surface area contributed by atoms with Gasteiger partial charge in [0.15, 0.2) is 11.2 Å². The average Bonchev–Trinajstić information content (AvgIpc) is 3.22. The number of nitrogens with one attached hydrogen (secondary N) is 1. The quantitative estimate of drug-likeness (QED) is 0.705. The van der Waals surface area contributed by atoms with E-state index in [0.717, 1.165) is 23.3 Å². The number of hydrogen-bond donors (Lipinski definition) is 1. The molecule has 1 aliphatic heterocycles. The number of amides is 1. The Morgan fingerprint density at radius 3 is 2.37 bits per heavy atom. The molecular weight excluding hydrogens is 384 g/mol. The van der Waals surface area contributed by atoms with Gasteiger partial charge in [0.05, 0.1) is 6.33 Å². The van der Waals surface area contributed by atoms with Crippen LogP contribution in [0, 0.1) is 0 Å². The van der Waals surface area contributed by atoms with E-state index in [1.165, 1.54) is 41.8 Å². The van der Waals surface area contributed by atoms with Crippen molar-refractivity contribution in [2.75, 3.05) is 23.3 Å². The molecule has 3 aromatic rings.